The summed E-state index contributed by atoms with van der Waals surface area (Å²) >= 11 is 0. The van der Waals surface area contributed by atoms with Gasteiger partial charge in [-0.05, 0) is 86.4 Å². The number of terminal acetylenes is 3. The van der Waals surface area contributed by atoms with Crippen molar-refractivity contribution in [1.29, 1.82) is 0 Å². The highest BCUT2D eigenvalue weighted by Gasteiger charge is 2.67. The van der Waals surface area contributed by atoms with Crippen molar-refractivity contribution in [3.63, 3.8) is 0 Å². The third kappa shape index (κ3) is 9.28. The fourth-order valence-corrected chi connectivity index (χ4v) is 10.3. The highest BCUT2D eigenvalue weighted by atomic mass is 16.6. The first-order chi connectivity index (χ1) is 24.4. The highest BCUT2D eigenvalue weighted by Crippen LogP contribution is 2.69. The highest BCUT2D eigenvalue weighted by molar-refractivity contribution is 5.72. The fraction of sp³-hybridized carbons (Fsp3) is 0.750. The third-order valence-corrected chi connectivity index (χ3v) is 12.5. The Balaban J connectivity index is 1.67. The molecule has 0 amide bonds. The molecule has 11 heteroatoms. The summed E-state index contributed by atoms with van der Waals surface area (Å²) in [7, 11) is 1.39. The first kappa shape index (κ1) is 40.2. The maximum absolute atomic E-state index is 13.3. The molecule has 0 radical (unpaired) electrons. The molecule has 0 bridgehead atoms. The fourth-order valence-electron chi connectivity index (χ4n) is 10.3. The van der Waals surface area contributed by atoms with Gasteiger partial charge in [0.05, 0.1) is 7.11 Å². The number of hydrogen-bond acceptors (Lipinski definition) is 11. The molecule has 0 N–H and O–H groups in total. The maximum Gasteiger partial charge on any atom is 0.332 e. The van der Waals surface area contributed by atoms with E-state index in [9.17, 15) is 19.2 Å². The Hall–Kier alpha value is -3.56. The largest absolute Gasteiger partial charge is 0.469 e. The molecule has 4 rings (SSSR count). The summed E-state index contributed by atoms with van der Waals surface area (Å²) in [6.07, 6.45) is 20.6. The molecule has 0 aromatic carbocycles. The molecule has 0 aromatic heterocycles. The van der Waals surface area contributed by atoms with Gasteiger partial charge < -0.3 is 33.2 Å². The normalized spacial score (nSPS) is 34.1. The molecule has 0 unspecified atom stereocenters. The van der Waals surface area contributed by atoms with E-state index in [0.717, 1.165) is 19.3 Å². The number of carbonyl (C=O) groups excluding carboxylic acids is 4. The molecule has 0 heterocycles. The minimum absolute atomic E-state index is 0.00280. The van der Waals surface area contributed by atoms with E-state index in [-0.39, 0.29) is 92.6 Å². The number of methoxy groups -OCH3 is 1. The van der Waals surface area contributed by atoms with Gasteiger partial charge in [0, 0.05) is 17.8 Å². The molecule has 11 atom stereocenters. The summed E-state index contributed by atoms with van der Waals surface area (Å²) in [4.78, 5) is 51.2. The van der Waals surface area contributed by atoms with E-state index in [2.05, 4.69) is 38.5 Å². The van der Waals surface area contributed by atoms with Crippen molar-refractivity contribution in [3.05, 3.63) is 0 Å². The molecule has 0 aromatic rings. The van der Waals surface area contributed by atoms with Gasteiger partial charge >= 0.3 is 23.9 Å². The van der Waals surface area contributed by atoms with Crippen molar-refractivity contribution in [2.75, 3.05) is 46.8 Å². The van der Waals surface area contributed by atoms with Crippen LogP contribution in [0.3, 0.4) is 0 Å². The smallest absolute Gasteiger partial charge is 0.332 e. The molecule has 4 aliphatic rings. The van der Waals surface area contributed by atoms with E-state index >= 15 is 0 Å². The van der Waals surface area contributed by atoms with Gasteiger partial charge in [-0.1, -0.05) is 38.5 Å². The Bertz CT molecular complexity index is 1370. The predicted molar refractivity (Wildman–Crippen MR) is 185 cm³/mol. The van der Waals surface area contributed by atoms with Gasteiger partial charge in [0.25, 0.3) is 0 Å². The SMILES string of the molecule is C#CCOCC(=O)O[C@@H]1CC[C@@]2(C)[C@@H](C1)C[C@@H](OC(=O)COCC#C)[C@@H]1[C@@H]2C[C@H](OC(=O)COCC#C)[C@]2(C)[C@@H]([C@H](C)CCC(=O)OC)CC[C@@H]12. The van der Waals surface area contributed by atoms with E-state index in [0.29, 0.717) is 38.5 Å². The third-order valence-electron chi connectivity index (χ3n) is 12.5. The first-order valence-electron chi connectivity index (χ1n) is 18.1. The standard InChI is InChI=1S/C40H54O11/c1-8-17-46-23-35(42)49-28-15-16-39(5)27(20-28)21-32(50-36(43)24-47-18-9-2)38-30-13-12-29(26(4)11-14-34(41)45-7)40(30,6)33(22-31(38)39)51-37(44)25-48-19-10-3/h1-3,26-33,38H,11-25H2,4-7H3/t26-,27+,28-,29-,30+,31+,32-,33+,38+,39+,40-/m1/s1. The quantitative estimate of drug-likeness (QED) is 0.0991. The minimum atomic E-state index is -0.482. The van der Waals surface area contributed by atoms with Gasteiger partial charge in [0.2, 0.25) is 0 Å². The lowest BCUT2D eigenvalue weighted by Gasteiger charge is -2.64. The molecule has 51 heavy (non-hydrogen) atoms. The van der Waals surface area contributed by atoms with Crippen molar-refractivity contribution in [2.45, 2.75) is 96.9 Å². The number of carbonyl (C=O) groups is 4. The minimum Gasteiger partial charge on any atom is -0.469 e. The Kier molecular flexibility index (Phi) is 14.4. The first-order valence-corrected chi connectivity index (χ1v) is 18.1. The van der Waals surface area contributed by atoms with Crippen molar-refractivity contribution in [3.8, 4) is 37.0 Å². The molecule has 0 aliphatic heterocycles. The van der Waals surface area contributed by atoms with Crippen LogP contribution in [0.4, 0.5) is 0 Å². The second kappa shape index (κ2) is 18.3. The average Bonchev–Trinajstić information content (AvgIpc) is 3.46. The van der Waals surface area contributed by atoms with Gasteiger partial charge in [-0.25, -0.2) is 14.4 Å². The lowest BCUT2D eigenvalue weighted by atomic mass is 9.43. The van der Waals surface area contributed by atoms with Crippen LogP contribution < -0.4 is 0 Å². The van der Waals surface area contributed by atoms with E-state index < -0.39 is 35.5 Å². The Morgan fingerprint density at radius 1 is 0.745 bits per heavy atom. The van der Waals surface area contributed by atoms with Crippen LogP contribution in [0.5, 0.6) is 0 Å². The van der Waals surface area contributed by atoms with E-state index in [1.807, 2.05) is 0 Å². The number of esters is 4. The van der Waals surface area contributed by atoms with Gasteiger partial charge in [0.1, 0.15) is 58.0 Å². The van der Waals surface area contributed by atoms with Gasteiger partial charge in [-0.3, -0.25) is 4.79 Å². The molecule has 4 aliphatic carbocycles. The van der Waals surface area contributed by atoms with E-state index in [4.69, 9.17) is 52.4 Å². The van der Waals surface area contributed by atoms with E-state index in [1.54, 1.807) is 0 Å². The summed E-state index contributed by atoms with van der Waals surface area (Å²) in [5.74, 6) is 5.81. The van der Waals surface area contributed by atoms with Crippen LogP contribution in [-0.4, -0.2) is 88.9 Å². The van der Waals surface area contributed by atoms with Crippen LogP contribution in [-0.2, 0) is 52.3 Å². The van der Waals surface area contributed by atoms with Crippen LogP contribution in [0.15, 0.2) is 0 Å². The summed E-state index contributed by atoms with van der Waals surface area (Å²) < 4.78 is 39.4. The van der Waals surface area contributed by atoms with Crippen LogP contribution in [0, 0.1) is 83.4 Å². The molecule has 0 saturated heterocycles. The Morgan fingerprint density at radius 3 is 1.92 bits per heavy atom. The monoisotopic (exact) mass is 710 g/mol. The molecule has 280 valence electrons. The summed E-state index contributed by atoms with van der Waals surface area (Å²) in [6.45, 7) is 5.94. The number of rotatable bonds is 16. The van der Waals surface area contributed by atoms with Crippen LogP contribution in [0.25, 0.3) is 0 Å². The zero-order valence-corrected chi connectivity index (χ0v) is 30.5. The predicted octanol–water partition coefficient (Wildman–Crippen LogP) is 4.14. The van der Waals surface area contributed by atoms with Crippen LogP contribution in [0.1, 0.15) is 78.6 Å². The Labute approximate surface area is 302 Å². The van der Waals surface area contributed by atoms with E-state index in [1.165, 1.54) is 7.11 Å². The molecule has 4 saturated carbocycles. The summed E-state index contributed by atoms with van der Waals surface area (Å²) in [5, 5.41) is 0. The number of hydrogen-bond donors (Lipinski definition) is 0. The molecule has 0 spiro atoms. The molecular formula is C40H54O11. The van der Waals surface area contributed by atoms with Crippen molar-refractivity contribution >= 4 is 23.9 Å². The summed E-state index contributed by atoms with van der Waals surface area (Å²) in [5.41, 5.74) is -0.686. The number of fused-ring (bicyclic) bond motifs is 5. The lowest BCUT2D eigenvalue weighted by molar-refractivity contribution is -0.227. The zero-order valence-electron chi connectivity index (χ0n) is 30.5. The zero-order chi connectivity index (χ0) is 37.2. The van der Waals surface area contributed by atoms with Gasteiger partial charge in [-0.15, -0.1) is 19.3 Å². The van der Waals surface area contributed by atoms with Crippen molar-refractivity contribution in [2.24, 2.45) is 46.3 Å². The maximum atomic E-state index is 13.3. The molecule has 11 nitrogen and oxygen atoms in total. The van der Waals surface area contributed by atoms with Gasteiger partial charge in [0.15, 0.2) is 0 Å². The molecular weight excluding hydrogens is 656 g/mol. The summed E-state index contributed by atoms with van der Waals surface area (Å²) in [6, 6.07) is 0. The number of ether oxygens (including phenoxy) is 7. The van der Waals surface area contributed by atoms with Crippen molar-refractivity contribution in [1.82, 2.24) is 0 Å². The van der Waals surface area contributed by atoms with Crippen LogP contribution in [0.2, 0.25) is 0 Å². The second-order valence-electron chi connectivity index (χ2n) is 15.1. The van der Waals surface area contributed by atoms with Crippen LogP contribution >= 0.6 is 0 Å². The van der Waals surface area contributed by atoms with Crippen molar-refractivity contribution < 1.29 is 52.3 Å². The lowest BCUT2D eigenvalue weighted by Crippen LogP contribution is -2.63. The van der Waals surface area contributed by atoms with Gasteiger partial charge in [-0.2, -0.15) is 0 Å². The topological polar surface area (TPSA) is 133 Å². The average molecular weight is 711 g/mol. The Morgan fingerprint density at radius 2 is 1.33 bits per heavy atom. The second-order valence-corrected chi connectivity index (χ2v) is 15.1. The molecule has 4 fully saturated rings.